The van der Waals surface area contributed by atoms with Crippen LogP contribution in [0.25, 0.3) is 0 Å². The second kappa shape index (κ2) is 6.53. The Bertz CT molecular complexity index is 450. The van der Waals surface area contributed by atoms with Gasteiger partial charge >= 0.3 is 0 Å². The molecule has 0 saturated carbocycles. The van der Waals surface area contributed by atoms with Crippen molar-refractivity contribution in [2.75, 3.05) is 6.54 Å². The summed E-state index contributed by atoms with van der Waals surface area (Å²) in [6, 6.07) is 8.57. The molecule has 1 aromatic rings. The van der Waals surface area contributed by atoms with E-state index in [2.05, 4.69) is 39.6 Å². The number of halogens is 1. The van der Waals surface area contributed by atoms with Crippen molar-refractivity contribution in [3.8, 4) is 0 Å². The second-order valence-corrected chi connectivity index (χ2v) is 6.28. The average molecular weight is 325 g/mol. The van der Waals surface area contributed by atoms with Crippen LogP contribution in [-0.4, -0.2) is 18.5 Å². The molecule has 19 heavy (non-hydrogen) atoms. The predicted octanol–water partition coefficient (Wildman–Crippen LogP) is 3.01. The first-order chi connectivity index (χ1) is 9.06. The third kappa shape index (κ3) is 4.05. The number of nitrogens with one attached hydrogen (secondary N) is 2. The van der Waals surface area contributed by atoms with Gasteiger partial charge in [-0.1, -0.05) is 28.1 Å². The summed E-state index contributed by atoms with van der Waals surface area (Å²) in [5.41, 5.74) is 1.13. The molecule has 0 aliphatic carbocycles. The lowest BCUT2D eigenvalue weighted by molar-refractivity contribution is -0.126. The average Bonchev–Trinajstić information content (AvgIpc) is 2.38. The van der Waals surface area contributed by atoms with Crippen LogP contribution in [0.1, 0.15) is 38.3 Å². The van der Waals surface area contributed by atoms with Crippen LogP contribution in [-0.2, 0) is 4.79 Å². The van der Waals surface area contributed by atoms with E-state index < -0.39 is 0 Å². The van der Waals surface area contributed by atoms with Crippen LogP contribution in [0.5, 0.6) is 0 Å². The van der Waals surface area contributed by atoms with Crippen LogP contribution >= 0.6 is 15.9 Å². The summed E-state index contributed by atoms with van der Waals surface area (Å²) in [5, 5.41) is 6.50. The van der Waals surface area contributed by atoms with Crippen molar-refractivity contribution in [3.63, 3.8) is 0 Å². The van der Waals surface area contributed by atoms with Crippen molar-refractivity contribution in [3.05, 3.63) is 34.3 Å². The summed E-state index contributed by atoms with van der Waals surface area (Å²) in [7, 11) is 0. The minimum absolute atomic E-state index is 0.0511. The molecule has 1 aromatic carbocycles. The van der Waals surface area contributed by atoms with Gasteiger partial charge in [0.25, 0.3) is 0 Å². The van der Waals surface area contributed by atoms with E-state index in [1.54, 1.807) is 0 Å². The van der Waals surface area contributed by atoms with E-state index in [9.17, 15) is 4.79 Å². The lowest BCUT2D eigenvalue weighted by Crippen LogP contribution is -2.42. The maximum absolute atomic E-state index is 12.3. The molecule has 2 N–H and O–H groups in total. The fourth-order valence-corrected chi connectivity index (χ4v) is 2.98. The Labute approximate surface area is 123 Å². The molecular formula is C15H21BrN2O. The molecule has 3 atom stereocenters. The molecule has 1 saturated heterocycles. The molecule has 0 bridgehead atoms. The Morgan fingerprint density at radius 1 is 1.53 bits per heavy atom. The van der Waals surface area contributed by atoms with Gasteiger partial charge < -0.3 is 10.6 Å². The van der Waals surface area contributed by atoms with Crippen LogP contribution in [0.15, 0.2) is 28.7 Å². The van der Waals surface area contributed by atoms with Gasteiger partial charge in [-0.25, -0.2) is 0 Å². The van der Waals surface area contributed by atoms with Crippen molar-refractivity contribution < 1.29 is 4.79 Å². The van der Waals surface area contributed by atoms with E-state index in [4.69, 9.17) is 0 Å². The van der Waals surface area contributed by atoms with E-state index in [1.807, 2.05) is 25.1 Å². The Hall–Kier alpha value is -0.870. The fraction of sp³-hybridized carbons (Fsp3) is 0.533. The topological polar surface area (TPSA) is 41.1 Å². The Balaban J connectivity index is 1.94. The van der Waals surface area contributed by atoms with E-state index in [1.165, 1.54) is 0 Å². The standard InChI is InChI=1S/C15H21BrN2O/c1-10-8-13(6-7-17-10)15(19)18-11(2)12-4-3-5-14(16)9-12/h3-5,9-11,13,17H,6-8H2,1-2H3,(H,18,19). The summed E-state index contributed by atoms with van der Waals surface area (Å²) >= 11 is 3.46. The van der Waals surface area contributed by atoms with Crippen LogP contribution < -0.4 is 10.6 Å². The Morgan fingerprint density at radius 2 is 2.32 bits per heavy atom. The molecule has 1 fully saturated rings. The fourth-order valence-electron chi connectivity index (χ4n) is 2.56. The molecule has 0 spiro atoms. The van der Waals surface area contributed by atoms with Gasteiger partial charge in [-0.05, 0) is 50.9 Å². The van der Waals surface area contributed by atoms with Gasteiger partial charge in [0, 0.05) is 16.4 Å². The Morgan fingerprint density at radius 3 is 3.00 bits per heavy atom. The first kappa shape index (κ1) is 14.5. The maximum Gasteiger partial charge on any atom is 0.223 e. The van der Waals surface area contributed by atoms with Crippen molar-refractivity contribution in [2.45, 2.75) is 38.8 Å². The van der Waals surface area contributed by atoms with Crippen molar-refractivity contribution in [1.82, 2.24) is 10.6 Å². The number of carbonyl (C=O) groups excluding carboxylic acids is 1. The van der Waals surface area contributed by atoms with Crippen LogP contribution in [0, 0.1) is 5.92 Å². The predicted molar refractivity (Wildman–Crippen MR) is 80.9 cm³/mol. The molecule has 1 aliphatic rings. The molecule has 1 amide bonds. The molecule has 104 valence electrons. The SMILES string of the molecule is CC1CC(C(=O)NC(C)c2cccc(Br)c2)CCN1. The molecule has 0 radical (unpaired) electrons. The zero-order valence-electron chi connectivity index (χ0n) is 11.4. The van der Waals surface area contributed by atoms with Gasteiger partial charge in [-0.3, -0.25) is 4.79 Å². The van der Waals surface area contributed by atoms with E-state index in [0.717, 1.165) is 29.4 Å². The van der Waals surface area contributed by atoms with Gasteiger partial charge in [0.1, 0.15) is 0 Å². The van der Waals surface area contributed by atoms with Gasteiger partial charge in [0.05, 0.1) is 6.04 Å². The highest BCUT2D eigenvalue weighted by atomic mass is 79.9. The molecule has 3 unspecified atom stereocenters. The quantitative estimate of drug-likeness (QED) is 0.897. The largest absolute Gasteiger partial charge is 0.349 e. The zero-order chi connectivity index (χ0) is 13.8. The smallest absolute Gasteiger partial charge is 0.223 e. The van der Waals surface area contributed by atoms with Gasteiger partial charge in [0.15, 0.2) is 0 Å². The van der Waals surface area contributed by atoms with Crippen molar-refractivity contribution in [2.24, 2.45) is 5.92 Å². The maximum atomic E-state index is 12.3. The molecular weight excluding hydrogens is 304 g/mol. The van der Waals surface area contributed by atoms with Gasteiger partial charge in [-0.15, -0.1) is 0 Å². The highest BCUT2D eigenvalue weighted by molar-refractivity contribution is 9.10. The first-order valence-electron chi connectivity index (χ1n) is 6.85. The van der Waals surface area contributed by atoms with Crippen molar-refractivity contribution >= 4 is 21.8 Å². The molecule has 4 heteroatoms. The van der Waals surface area contributed by atoms with E-state index in [0.29, 0.717) is 6.04 Å². The van der Waals surface area contributed by atoms with Gasteiger partial charge in [0.2, 0.25) is 5.91 Å². The monoisotopic (exact) mass is 324 g/mol. The number of carbonyl (C=O) groups is 1. The zero-order valence-corrected chi connectivity index (χ0v) is 13.0. The lowest BCUT2D eigenvalue weighted by Gasteiger charge is -2.28. The normalized spacial score (nSPS) is 24.8. The number of hydrogen-bond donors (Lipinski definition) is 2. The molecule has 1 heterocycles. The summed E-state index contributed by atoms with van der Waals surface area (Å²) in [6.45, 7) is 5.10. The first-order valence-corrected chi connectivity index (χ1v) is 7.65. The lowest BCUT2D eigenvalue weighted by atomic mass is 9.92. The summed E-state index contributed by atoms with van der Waals surface area (Å²) in [5.74, 6) is 0.326. The van der Waals surface area contributed by atoms with Gasteiger partial charge in [-0.2, -0.15) is 0 Å². The van der Waals surface area contributed by atoms with E-state index >= 15 is 0 Å². The number of benzene rings is 1. The summed E-state index contributed by atoms with van der Waals surface area (Å²) < 4.78 is 1.04. The Kier molecular flexibility index (Phi) is 4.99. The van der Waals surface area contributed by atoms with Crippen LogP contribution in [0.2, 0.25) is 0 Å². The minimum Gasteiger partial charge on any atom is -0.349 e. The molecule has 3 nitrogen and oxygen atoms in total. The molecule has 2 rings (SSSR count). The van der Waals surface area contributed by atoms with E-state index in [-0.39, 0.29) is 17.9 Å². The van der Waals surface area contributed by atoms with Crippen LogP contribution in [0.4, 0.5) is 0 Å². The highest BCUT2D eigenvalue weighted by Crippen LogP contribution is 2.20. The number of amides is 1. The number of piperidine rings is 1. The van der Waals surface area contributed by atoms with Crippen LogP contribution in [0.3, 0.4) is 0 Å². The highest BCUT2D eigenvalue weighted by Gasteiger charge is 2.25. The van der Waals surface area contributed by atoms with Crippen molar-refractivity contribution in [1.29, 1.82) is 0 Å². The second-order valence-electron chi connectivity index (χ2n) is 5.36. The third-order valence-corrected chi connectivity index (χ3v) is 4.20. The third-order valence-electron chi connectivity index (χ3n) is 3.70. The summed E-state index contributed by atoms with van der Waals surface area (Å²) in [6.07, 6.45) is 1.86. The molecule has 1 aliphatic heterocycles. The number of hydrogen-bond acceptors (Lipinski definition) is 2. The molecule has 0 aromatic heterocycles. The summed E-state index contributed by atoms with van der Waals surface area (Å²) in [4.78, 5) is 12.3. The minimum atomic E-state index is 0.0511. The number of rotatable bonds is 3.